The summed E-state index contributed by atoms with van der Waals surface area (Å²) in [6.07, 6.45) is 2.69. The van der Waals surface area contributed by atoms with Gasteiger partial charge in [0.1, 0.15) is 0 Å². The van der Waals surface area contributed by atoms with E-state index in [2.05, 4.69) is 61.3 Å². The van der Waals surface area contributed by atoms with Gasteiger partial charge in [-0.2, -0.15) is 4.52 Å². The Morgan fingerprint density at radius 2 is 2.08 bits per heavy atom. The highest BCUT2D eigenvalue weighted by Gasteiger charge is 2.12. The van der Waals surface area contributed by atoms with Crippen LogP contribution in [-0.4, -0.2) is 20.6 Å². The second-order valence-electron chi connectivity index (χ2n) is 6.62. The average Bonchev–Trinajstić information content (AvgIpc) is 2.93. The van der Waals surface area contributed by atoms with E-state index in [0.717, 1.165) is 30.1 Å². The van der Waals surface area contributed by atoms with Gasteiger partial charge >= 0.3 is 0 Å². The molecule has 132 valence electrons. The molecule has 0 amide bonds. The molecular formula is C19H24N4OS. The number of aryl methyl sites for hydroxylation is 3. The number of rotatable bonds is 6. The lowest BCUT2D eigenvalue weighted by molar-refractivity contribution is 0.773. The van der Waals surface area contributed by atoms with E-state index in [1.54, 1.807) is 6.07 Å². The minimum absolute atomic E-state index is 0.111. The monoisotopic (exact) mass is 356 g/mol. The summed E-state index contributed by atoms with van der Waals surface area (Å²) >= 11 is 1.43. The zero-order valence-corrected chi connectivity index (χ0v) is 16.0. The van der Waals surface area contributed by atoms with Crippen molar-refractivity contribution in [1.82, 2.24) is 14.6 Å². The lowest BCUT2D eigenvalue weighted by Crippen LogP contribution is -2.19. The predicted octanol–water partition coefficient (Wildman–Crippen LogP) is 3.76. The Labute approximate surface area is 151 Å². The summed E-state index contributed by atoms with van der Waals surface area (Å²) in [5, 5.41) is 8.52. The number of nitrogens with zero attached hydrogens (tertiary/aromatic N) is 3. The third kappa shape index (κ3) is 4.07. The van der Waals surface area contributed by atoms with Crippen LogP contribution >= 0.6 is 11.3 Å². The summed E-state index contributed by atoms with van der Waals surface area (Å²) in [5.41, 5.74) is 4.64. The summed E-state index contributed by atoms with van der Waals surface area (Å²) in [4.78, 5) is 17.4. The first-order valence-corrected chi connectivity index (χ1v) is 9.50. The van der Waals surface area contributed by atoms with Crippen LogP contribution in [0.25, 0.3) is 4.96 Å². The molecule has 1 unspecified atom stereocenters. The molecular weight excluding hydrogens is 332 g/mol. The number of aromatic nitrogens is 3. The smallest absolute Gasteiger partial charge is 0.275 e. The first-order chi connectivity index (χ1) is 12.0. The Hall–Kier alpha value is -2.21. The third-order valence-corrected chi connectivity index (χ3v) is 5.04. The lowest BCUT2D eigenvalue weighted by Gasteiger charge is -2.14. The SMILES string of the molecule is CCCc1cc(=O)n2nc(NC(C)Cc3ccc(C)cc3C)sc2n1. The van der Waals surface area contributed by atoms with Crippen molar-refractivity contribution in [1.29, 1.82) is 0 Å². The van der Waals surface area contributed by atoms with Crippen molar-refractivity contribution < 1.29 is 0 Å². The molecule has 2 aromatic heterocycles. The van der Waals surface area contributed by atoms with E-state index in [1.807, 2.05) is 0 Å². The van der Waals surface area contributed by atoms with Crippen molar-refractivity contribution in [3.8, 4) is 0 Å². The molecule has 25 heavy (non-hydrogen) atoms. The Bertz CT molecular complexity index is 944. The maximum Gasteiger partial charge on any atom is 0.275 e. The molecule has 5 nitrogen and oxygen atoms in total. The predicted molar refractivity (Wildman–Crippen MR) is 104 cm³/mol. The molecule has 1 aromatic carbocycles. The summed E-state index contributed by atoms with van der Waals surface area (Å²) < 4.78 is 1.38. The van der Waals surface area contributed by atoms with Gasteiger partial charge in [0.15, 0.2) is 0 Å². The molecule has 3 rings (SSSR count). The number of nitrogens with one attached hydrogen (secondary N) is 1. The van der Waals surface area contributed by atoms with E-state index in [4.69, 9.17) is 0 Å². The van der Waals surface area contributed by atoms with Crippen LogP contribution in [0.4, 0.5) is 5.13 Å². The Morgan fingerprint density at radius 1 is 1.28 bits per heavy atom. The number of hydrogen-bond donors (Lipinski definition) is 1. The van der Waals surface area contributed by atoms with Gasteiger partial charge in [-0.1, -0.05) is 48.4 Å². The molecule has 0 fully saturated rings. The molecule has 0 aliphatic heterocycles. The maximum atomic E-state index is 12.2. The largest absolute Gasteiger partial charge is 0.357 e. The Kier molecular flexibility index (Phi) is 5.18. The normalized spacial score (nSPS) is 12.5. The second kappa shape index (κ2) is 7.35. The fourth-order valence-corrected chi connectivity index (χ4v) is 3.90. The molecule has 0 saturated carbocycles. The quantitative estimate of drug-likeness (QED) is 0.730. The van der Waals surface area contributed by atoms with E-state index in [1.165, 1.54) is 32.5 Å². The molecule has 0 saturated heterocycles. The van der Waals surface area contributed by atoms with Crippen LogP contribution in [0.1, 0.15) is 42.7 Å². The summed E-state index contributed by atoms with van der Waals surface area (Å²) in [5.74, 6) is 0. The number of anilines is 1. The molecule has 0 spiro atoms. The van der Waals surface area contributed by atoms with E-state index in [0.29, 0.717) is 4.96 Å². The van der Waals surface area contributed by atoms with Crippen molar-refractivity contribution in [2.24, 2.45) is 0 Å². The summed E-state index contributed by atoms with van der Waals surface area (Å²) in [6, 6.07) is 8.33. The van der Waals surface area contributed by atoms with Crippen molar-refractivity contribution in [3.63, 3.8) is 0 Å². The minimum atomic E-state index is -0.111. The van der Waals surface area contributed by atoms with E-state index in [-0.39, 0.29) is 11.6 Å². The molecule has 6 heteroatoms. The van der Waals surface area contributed by atoms with Gasteiger partial charge in [0.25, 0.3) is 5.56 Å². The fraction of sp³-hybridized carbons (Fsp3) is 0.421. The topological polar surface area (TPSA) is 59.3 Å². The van der Waals surface area contributed by atoms with Gasteiger partial charge in [0, 0.05) is 17.8 Å². The standard InChI is InChI=1S/C19H24N4OS/c1-5-6-16-11-17(24)23-19(21-16)25-18(22-23)20-14(4)10-15-8-7-12(2)9-13(15)3/h7-9,11,14H,5-6,10H2,1-4H3,(H,20,22). The van der Waals surface area contributed by atoms with Crippen molar-refractivity contribution >= 4 is 21.4 Å². The number of hydrogen-bond acceptors (Lipinski definition) is 5. The average molecular weight is 356 g/mol. The van der Waals surface area contributed by atoms with Gasteiger partial charge in [-0.3, -0.25) is 4.79 Å². The van der Waals surface area contributed by atoms with Crippen LogP contribution < -0.4 is 10.9 Å². The number of benzene rings is 1. The molecule has 3 aromatic rings. The van der Waals surface area contributed by atoms with Crippen LogP contribution in [0, 0.1) is 13.8 Å². The van der Waals surface area contributed by atoms with Gasteiger partial charge < -0.3 is 5.32 Å². The molecule has 0 aliphatic carbocycles. The van der Waals surface area contributed by atoms with E-state index < -0.39 is 0 Å². The Morgan fingerprint density at radius 3 is 2.80 bits per heavy atom. The van der Waals surface area contributed by atoms with E-state index in [9.17, 15) is 4.79 Å². The van der Waals surface area contributed by atoms with Crippen molar-refractivity contribution in [3.05, 3.63) is 57.0 Å². The van der Waals surface area contributed by atoms with Gasteiger partial charge in [0.2, 0.25) is 10.1 Å². The molecule has 0 bridgehead atoms. The van der Waals surface area contributed by atoms with E-state index >= 15 is 0 Å². The number of fused-ring (bicyclic) bond motifs is 1. The Balaban J connectivity index is 1.78. The zero-order valence-electron chi connectivity index (χ0n) is 15.2. The van der Waals surface area contributed by atoms with Gasteiger partial charge in [-0.05, 0) is 44.7 Å². The summed E-state index contributed by atoms with van der Waals surface area (Å²) in [7, 11) is 0. The van der Waals surface area contributed by atoms with Crippen LogP contribution in [0.15, 0.2) is 29.1 Å². The van der Waals surface area contributed by atoms with Crippen LogP contribution in [0.5, 0.6) is 0 Å². The first kappa shape index (κ1) is 17.6. The molecule has 1 N–H and O–H groups in total. The zero-order chi connectivity index (χ0) is 18.0. The van der Waals surface area contributed by atoms with Crippen molar-refractivity contribution in [2.45, 2.75) is 53.0 Å². The molecule has 1 atom stereocenters. The van der Waals surface area contributed by atoms with Gasteiger partial charge in [-0.25, -0.2) is 4.98 Å². The van der Waals surface area contributed by atoms with Crippen LogP contribution in [0.3, 0.4) is 0 Å². The van der Waals surface area contributed by atoms with Gasteiger partial charge in [-0.15, -0.1) is 5.10 Å². The first-order valence-electron chi connectivity index (χ1n) is 8.68. The second-order valence-corrected chi connectivity index (χ2v) is 7.57. The minimum Gasteiger partial charge on any atom is -0.357 e. The lowest BCUT2D eigenvalue weighted by atomic mass is 10.00. The third-order valence-electron chi connectivity index (χ3n) is 4.20. The van der Waals surface area contributed by atoms with Gasteiger partial charge in [0.05, 0.1) is 0 Å². The highest BCUT2D eigenvalue weighted by molar-refractivity contribution is 7.20. The highest BCUT2D eigenvalue weighted by atomic mass is 32.1. The summed E-state index contributed by atoms with van der Waals surface area (Å²) in [6.45, 7) is 8.46. The maximum absolute atomic E-state index is 12.2. The van der Waals surface area contributed by atoms with Crippen LogP contribution in [-0.2, 0) is 12.8 Å². The molecule has 0 radical (unpaired) electrons. The fourth-order valence-electron chi connectivity index (χ4n) is 2.97. The highest BCUT2D eigenvalue weighted by Crippen LogP contribution is 2.20. The molecule has 2 heterocycles. The molecule has 0 aliphatic rings. The van der Waals surface area contributed by atoms with Crippen molar-refractivity contribution in [2.75, 3.05) is 5.32 Å². The van der Waals surface area contributed by atoms with Crippen LogP contribution in [0.2, 0.25) is 0 Å².